The number of halogens is 1. The maximum absolute atomic E-state index is 5.35. The number of anilines is 1. The molecule has 86 valence electrons. The first-order chi connectivity index (χ1) is 7.94. The van der Waals surface area contributed by atoms with Gasteiger partial charge in [-0.25, -0.2) is 9.97 Å². The van der Waals surface area contributed by atoms with Gasteiger partial charge in [-0.15, -0.1) is 0 Å². The first kappa shape index (κ1) is 12.5. The van der Waals surface area contributed by atoms with E-state index in [1.165, 1.54) is 0 Å². The van der Waals surface area contributed by atoms with Crippen molar-refractivity contribution in [3.8, 4) is 0 Å². The van der Waals surface area contributed by atoms with Crippen molar-refractivity contribution in [2.24, 2.45) is 5.16 Å². The minimum Gasteiger partial charge on any atom is -0.417 e. The average Bonchev–Trinajstić information content (AvgIpc) is 2.16. The van der Waals surface area contributed by atoms with E-state index < -0.39 is 0 Å². The van der Waals surface area contributed by atoms with E-state index in [4.69, 9.17) is 4.84 Å². The Bertz CT molecular complexity index is 425. The van der Waals surface area contributed by atoms with Gasteiger partial charge in [0.2, 0.25) is 5.95 Å². The summed E-state index contributed by atoms with van der Waals surface area (Å²) in [6.45, 7) is 1.47. The first-order valence-electron chi connectivity index (χ1n) is 5.40. The minimum atomic E-state index is -0.235. The second-order valence-electron chi connectivity index (χ2n) is 4.92. The lowest BCUT2D eigenvalue weighted by atomic mass is 9.52. The number of hydrogen-bond acceptors (Lipinski definition) is 5. The summed E-state index contributed by atoms with van der Waals surface area (Å²) in [7, 11) is 5.93. The molecule has 0 aromatic carbocycles. The van der Waals surface area contributed by atoms with Crippen LogP contribution < -0.4 is 4.90 Å². The van der Waals surface area contributed by atoms with Crippen LogP contribution in [0.5, 0.6) is 0 Å². The second-order valence-corrected chi connectivity index (χ2v) is 5.83. The van der Waals surface area contributed by atoms with Crippen LogP contribution in [0.15, 0.2) is 22.0 Å². The average molecular weight is 293 g/mol. The molecule has 1 fully saturated rings. The molecular formula is C8H12B3BrN4O. The van der Waals surface area contributed by atoms with Gasteiger partial charge in [0.05, 0.1) is 23.3 Å². The summed E-state index contributed by atoms with van der Waals surface area (Å²) in [5.41, 5.74) is 1.02. The third-order valence-corrected chi connectivity index (χ3v) is 2.49. The molecule has 0 saturated carbocycles. The Morgan fingerprint density at radius 3 is 2.41 bits per heavy atom. The molecule has 1 saturated heterocycles. The van der Waals surface area contributed by atoms with Crippen molar-refractivity contribution in [2.45, 2.75) is 5.30 Å². The van der Waals surface area contributed by atoms with E-state index in [9.17, 15) is 0 Å². The van der Waals surface area contributed by atoms with Crippen LogP contribution >= 0.6 is 15.9 Å². The van der Waals surface area contributed by atoms with Crippen LogP contribution in [0.1, 0.15) is 0 Å². The molecule has 0 bridgehead atoms. The first-order valence-corrected chi connectivity index (χ1v) is 6.20. The highest BCUT2D eigenvalue weighted by atomic mass is 79.9. The molecule has 1 aliphatic rings. The smallest absolute Gasteiger partial charge is 0.226 e. The van der Waals surface area contributed by atoms with Gasteiger partial charge in [0.15, 0.2) is 0 Å². The topological polar surface area (TPSA) is 50.6 Å². The van der Waals surface area contributed by atoms with Gasteiger partial charge in [0.25, 0.3) is 0 Å². The van der Waals surface area contributed by atoms with E-state index in [-0.39, 0.29) is 5.30 Å². The molecule has 17 heavy (non-hydrogen) atoms. The summed E-state index contributed by atoms with van der Waals surface area (Å²) < 4.78 is 0.881. The van der Waals surface area contributed by atoms with Gasteiger partial charge < -0.3 is 9.74 Å². The van der Waals surface area contributed by atoms with Crippen LogP contribution in [0, 0.1) is 0 Å². The predicted molar refractivity (Wildman–Crippen MR) is 78.8 cm³/mol. The number of nitrogens with zero attached hydrogens (tertiary/aromatic N) is 4. The largest absolute Gasteiger partial charge is 0.417 e. The lowest BCUT2D eigenvalue weighted by Gasteiger charge is -2.32. The van der Waals surface area contributed by atoms with Gasteiger partial charge in [-0.2, -0.15) is 0 Å². The van der Waals surface area contributed by atoms with Crippen molar-refractivity contribution < 1.29 is 4.84 Å². The Kier molecular flexibility index (Phi) is 3.46. The molecule has 1 aromatic heterocycles. The van der Waals surface area contributed by atoms with Crippen molar-refractivity contribution in [2.75, 3.05) is 18.0 Å². The Hall–Kier alpha value is -0.975. The summed E-state index contributed by atoms with van der Waals surface area (Å²) >= 11 is 3.31. The van der Waals surface area contributed by atoms with Crippen molar-refractivity contribution >= 4 is 51.1 Å². The minimum absolute atomic E-state index is 0.235. The zero-order valence-electron chi connectivity index (χ0n) is 10.1. The third-order valence-electron chi connectivity index (χ3n) is 2.08. The van der Waals surface area contributed by atoms with Crippen LogP contribution in [0.4, 0.5) is 5.95 Å². The Morgan fingerprint density at radius 1 is 1.29 bits per heavy atom. The molecule has 0 atom stereocenters. The lowest BCUT2D eigenvalue weighted by molar-refractivity contribution is 0.137. The van der Waals surface area contributed by atoms with Crippen LogP contribution in [-0.2, 0) is 4.84 Å². The highest BCUT2D eigenvalue weighted by Crippen LogP contribution is 2.16. The molecule has 0 radical (unpaired) electrons. The summed E-state index contributed by atoms with van der Waals surface area (Å²) in [6.07, 6.45) is 3.48. The fraction of sp³-hybridized carbons (Fsp3) is 0.375. The van der Waals surface area contributed by atoms with Gasteiger partial charge >= 0.3 is 0 Å². The van der Waals surface area contributed by atoms with Crippen LogP contribution in [0.25, 0.3) is 0 Å². The second kappa shape index (κ2) is 4.72. The molecule has 0 N–H and O–H groups in total. The molecule has 0 aliphatic carbocycles. The zero-order valence-corrected chi connectivity index (χ0v) is 11.7. The molecule has 2 rings (SSSR count). The fourth-order valence-electron chi connectivity index (χ4n) is 1.26. The maximum atomic E-state index is 5.35. The summed E-state index contributed by atoms with van der Waals surface area (Å²) in [5.74, 6) is 0.725. The molecule has 0 amide bonds. The zero-order chi connectivity index (χ0) is 12.5. The molecular weight excluding hydrogens is 280 g/mol. The highest BCUT2D eigenvalue weighted by Gasteiger charge is 2.25. The van der Waals surface area contributed by atoms with Gasteiger partial charge in [-0.3, -0.25) is 0 Å². The maximum Gasteiger partial charge on any atom is 0.226 e. The van der Waals surface area contributed by atoms with Crippen LogP contribution in [0.2, 0.25) is 0 Å². The molecule has 5 nitrogen and oxygen atoms in total. The van der Waals surface area contributed by atoms with Crippen molar-refractivity contribution in [3.63, 3.8) is 0 Å². The molecule has 0 spiro atoms. The van der Waals surface area contributed by atoms with Gasteiger partial charge in [-0.1, -0.05) is 5.16 Å². The van der Waals surface area contributed by atoms with Gasteiger partial charge in [0, 0.05) is 17.7 Å². The van der Waals surface area contributed by atoms with E-state index in [0.29, 0.717) is 0 Å². The van der Waals surface area contributed by atoms with Gasteiger partial charge in [0.1, 0.15) is 23.5 Å². The van der Waals surface area contributed by atoms with Crippen LogP contribution in [0.3, 0.4) is 0 Å². The Labute approximate surface area is 111 Å². The summed E-state index contributed by atoms with van der Waals surface area (Å²) in [5, 5.41) is 3.87. The van der Waals surface area contributed by atoms with E-state index in [2.05, 4.69) is 31.1 Å². The van der Waals surface area contributed by atoms with E-state index >= 15 is 0 Å². The molecule has 0 unspecified atom stereocenters. The van der Waals surface area contributed by atoms with E-state index in [0.717, 1.165) is 29.2 Å². The van der Waals surface area contributed by atoms with Crippen LogP contribution in [-0.4, -0.2) is 57.6 Å². The number of hydrogen-bond donors (Lipinski definition) is 0. The number of rotatable bonds is 3. The third kappa shape index (κ3) is 3.49. The highest BCUT2D eigenvalue weighted by molar-refractivity contribution is 9.10. The molecule has 1 aliphatic heterocycles. The van der Waals surface area contributed by atoms with Crippen molar-refractivity contribution in [3.05, 3.63) is 16.9 Å². The lowest BCUT2D eigenvalue weighted by Crippen LogP contribution is -2.49. The number of aromatic nitrogens is 2. The quantitative estimate of drug-likeness (QED) is 0.475. The number of oxime groups is 1. The Morgan fingerprint density at radius 2 is 1.88 bits per heavy atom. The van der Waals surface area contributed by atoms with E-state index in [1.54, 1.807) is 12.4 Å². The molecule has 2 heterocycles. The van der Waals surface area contributed by atoms with E-state index in [1.807, 2.05) is 28.4 Å². The summed E-state index contributed by atoms with van der Waals surface area (Å²) in [4.78, 5) is 15.8. The van der Waals surface area contributed by atoms with Crippen molar-refractivity contribution in [1.29, 1.82) is 0 Å². The van der Waals surface area contributed by atoms with Gasteiger partial charge in [-0.05, 0) is 15.9 Å². The molecule has 9 heteroatoms. The SMILES string of the molecule is BC(B)(B)ON=C1CN(c2ncc(Br)cn2)C1. The fourth-order valence-corrected chi connectivity index (χ4v) is 1.47. The predicted octanol–water partition coefficient (Wildman–Crippen LogP) is -2.06. The normalized spacial score (nSPS) is 15.4. The standard InChI is InChI=1S/C8H12B3BrN4O/c9-8(10,11)17-15-6-3-16(4-6)7-13-1-5(12)2-14-7/h1-2H,3-4,9-11H2. The molecule has 1 aromatic rings. The van der Waals surface area contributed by atoms with Crippen molar-refractivity contribution in [1.82, 2.24) is 9.97 Å². The Balaban J connectivity index is 1.88. The summed E-state index contributed by atoms with van der Waals surface area (Å²) in [6, 6.07) is 0. The monoisotopic (exact) mass is 292 g/mol.